The van der Waals surface area contributed by atoms with Gasteiger partial charge in [0, 0.05) is 12.0 Å². The number of carbonyl (C=O) groups is 10. The zero-order chi connectivity index (χ0) is 75.1. The van der Waals surface area contributed by atoms with Gasteiger partial charge in [0.25, 0.3) is 11.8 Å². The zero-order valence-corrected chi connectivity index (χ0v) is 57.9. The van der Waals surface area contributed by atoms with Gasteiger partial charge in [-0.25, -0.2) is 24.0 Å². The van der Waals surface area contributed by atoms with E-state index in [-0.39, 0.29) is 23.8 Å². The van der Waals surface area contributed by atoms with Gasteiger partial charge in [-0.1, -0.05) is 273 Å². The van der Waals surface area contributed by atoms with Gasteiger partial charge in [-0.05, 0) is 117 Å². The predicted molar refractivity (Wildman–Crippen MR) is 404 cm³/mol. The number of benzene rings is 10. The number of alkyl carbamates (subject to hydrolysis) is 1. The fourth-order valence-electron chi connectivity index (χ4n) is 10.2. The number of nitrogens with two attached hydrogens (primary N) is 1. The molecule has 10 aromatic rings. The maximum absolute atomic E-state index is 12.0. The molecule has 10 aromatic carbocycles. The van der Waals surface area contributed by atoms with Crippen LogP contribution in [0, 0.1) is 0 Å². The average molecular weight is 1410 g/mol. The molecule has 21 nitrogen and oxygen atoms in total. The normalized spacial score (nSPS) is 13.8. The summed E-state index contributed by atoms with van der Waals surface area (Å²) >= 11 is 0. The average Bonchev–Trinajstić information content (AvgIpc) is 1.74. The summed E-state index contributed by atoms with van der Waals surface area (Å²) in [6.07, 6.45) is 4.18. The zero-order valence-electron chi connectivity index (χ0n) is 57.9. The minimum atomic E-state index is -0.970. The Bertz CT molecular complexity index is 4520. The topological polar surface area (TPSA) is 320 Å². The number of hydrogen-bond donors (Lipinski definition) is 9. The Balaban J connectivity index is 0.000000164. The summed E-state index contributed by atoms with van der Waals surface area (Å²) < 4.78 is 10.0. The monoisotopic (exact) mass is 1410 g/mol. The van der Waals surface area contributed by atoms with Gasteiger partial charge in [-0.3, -0.25) is 39.9 Å². The highest BCUT2D eigenvalue weighted by Crippen LogP contribution is 2.25. The molecule has 3 saturated heterocycles. The molecule has 3 aliphatic heterocycles. The Kier molecular flexibility index (Phi) is 28.5. The number of methoxy groups -OCH3 is 1. The molecule has 0 aromatic heterocycles. The van der Waals surface area contributed by atoms with Crippen LogP contribution < -0.4 is 43.0 Å². The molecule has 3 fully saturated rings. The number of amides is 10. The van der Waals surface area contributed by atoms with Crippen LogP contribution >= 0.6 is 0 Å². The molecule has 13 rings (SSSR count). The molecular formula is C84H78N8O13. The second-order valence-electron chi connectivity index (χ2n) is 24.4. The second-order valence-corrected chi connectivity index (χ2v) is 24.4. The largest absolute Gasteiger partial charge is 0.480 e. The van der Waals surface area contributed by atoms with Gasteiger partial charge in [0.1, 0.15) is 35.4 Å². The first kappa shape index (κ1) is 77.1. The minimum absolute atomic E-state index is 0.124. The lowest BCUT2D eigenvalue weighted by Gasteiger charge is -2.22. The van der Waals surface area contributed by atoms with Crippen LogP contribution in [-0.2, 0) is 46.3 Å². The number of aliphatic carboxylic acids is 1. The summed E-state index contributed by atoms with van der Waals surface area (Å²) in [6.45, 7) is 5.42. The quantitative estimate of drug-likeness (QED) is 0.0199. The van der Waals surface area contributed by atoms with Crippen molar-refractivity contribution in [3.8, 4) is 55.6 Å². The molecule has 0 bridgehead atoms. The summed E-state index contributed by atoms with van der Waals surface area (Å²) in [6, 6.07) is 86.0. The summed E-state index contributed by atoms with van der Waals surface area (Å²) in [4.78, 5) is 110. The van der Waals surface area contributed by atoms with E-state index in [1.54, 1.807) is 32.9 Å². The number of carboxylic acid groups (broad SMARTS) is 1. The van der Waals surface area contributed by atoms with Crippen molar-refractivity contribution in [3.63, 3.8) is 0 Å². The lowest BCUT2D eigenvalue weighted by molar-refractivity contribution is -0.143. The van der Waals surface area contributed by atoms with Gasteiger partial charge in [-0.2, -0.15) is 0 Å². The highest BCUT2D eigenvalue weighted by molar-refractivity contribution is 6.14. The lowest BCUT2D eigenvalue weighted by atomic mass is 10.0. The van der Waals surface area contributed by atoms with Gasteiger partial charge in [0.05, 0.1) is 13.7 Å². The van der Waals surface area contributed by atoms with Crippen molar-refractivity contribution < 1.29 is 62.5 Å². The van der Waals surface area contributed by atoms with Crippen molar-refractivity contribution >= 4 is 72.3 Å². The summed E-state index contributed by atoms with van der Waals surface area (Å²) in [5, 5.41) is 24.9. The van der Waals surface area contributed by atoms with Crippen LogP contribution in [0.1, 0.15) is 53.4 Å². The van der Waals surface area contributed by atoms with Crippen molar-refractivity contribution in [1.29, 1.82) is 0 Å². The van der Waals surface area contributed by atoms with Crippen molar-refractivity contribution in [1.82, 2.24) is 37.2 Å². The molecule has 2 unspecified atom stereocenters. The molecule has 2 atom stereocenters. The first-order chi connectivity index (χ1) is 50.6. The van der Waals surface area contributed by atoms with Crippen LogP contribution in [0.25, 0.3) is 67.8 Å². The van der Waals surface area contributed by atoms with E-state index < -0.39 is 65.6 Å². The number of esters is 1. The van der Waals surface area contributed by atoms with E-state index in [0.717, 1.165) is 78.6 Å². The molecule has 10 N–H and O–H groups in total. The third-order valence-corrected chi connectivity index (χ3v) is 15.4. The van der Waals surface area contributed by atoms with Crippen LogP contribution in [-0.4, -0.2) is 96.6 Å². The number of carbonyl (C=O) groups excluding carboxylic acids is 9. The van der Waals surface area contributed by atoms with E-state index in [1.165, 1.54) is 12.7 Å². The molecule has 0 spiro atoms. The Morgan fingerprint density at radius 1 is 0.438 bits per heavy atom. The van der Waals surface area contributed by atoms with Gasteiger partial charge in [0.2, 0.25) is 5.91 Å². The maximum Gasteiger partial charge on any atom is 0.408 e. The number of aldehydes is 1. The molecule has 21 heteroatoms. The van der Waals surface area contributed by atoms with E-state index in [4.69, 9.17) is 20.3 Å². The number of carboxylic acids is 1. The molecule has 0 aliphatic carbocycles. The van der Waals surface area contributed by atoms with Gasteiger partial charge < -0.3 is 41.6 Å². The van der Waals surface area contributed by atoms with E-state index >= 15 is 0 Å². The highest BCUT2D eigenvalue weighted by Gasteiger charge is 2.27. The molecule has 105 heavy (non-hydrogen) atoms. The Hall–Kier alpha value is -13.7. The Morgan fingerprint density at radius 2 is 0.752 bits per heavy atom. The van der Waals surface area contributed by atoms with Gasteiger partial charge >= 0.3 is 36.1 Å². The Morgan fingerprint density at radius 3 is 1.01 bits per heavy atom. The number of urea groups is 3. The molecule has 532 valence electrons. The molecule has 10 amide bonds. The molecule has 0 radical (unpaired) electrons. The number of nitrogens with one attached hydrogen (secondary N) is 7. The van der Waals surface area contributed by atoms with Crippen LogP contribution in [0.3, 0.4) is 0 Å². The first-order valence-corrected chi connectivity index (χ1v) is 33.1. The van der Waals surface area contributed by atoms with Crippen LogP contribution in [0.15, 0.2) is 284 Å². The predicted octanol–water partition coefficient (Wildman–Crippen LogP) is 13.3. The van der Waals surface area contributed by atoms with Crippen LogP contribution in [0.2, 0.25) is 0 Å². The number of imide groups is 3. The smallest absolute Gasteiger partial charge is 0.408 e. The summed E-state index contributed by atoms with van der Waals surface area (Å²) in [5.74, 6) is -2.54. The van der Waals surface area contributed by atoms with E-state index in [2.05, 4.69) is 44.0 Å². The Labute approximate surface area is 607 Å². The van der Waals surface area contributed by atoms with Crippen molar-refractivity contribution in [2.45, 2.75) is 51.3 Å². The SMILES string of the molecule is COC(=O)C(Cc1ccc(-c2ccccc2)cc1)NC(=O)OC(C)(C)C.NC(Cc1ccc(-c2ccccc2)cc1)C(=O)O.O=C1CNC(=O)N1.O=C1NC(=O)/C(=C\c2ccc(-c3ccccc3)cc2)N1.O=C1NC(=O)/C(=C\c2ccc(-c3ccccc3)cc2)N1.O=Cc1ccc(-c2ccccc2)cc1. The fourth-order valence-corrected chi connectivity index (χ4v) is 10.2. The fraction of sp³-hybridized carbons (Fsp3) is 0.119. The molecule has 3 heterocycles. The van der Waals surface area contributed by atoms with E-state index in [0.29, 0.717) is 18.4 Å². The minimum Gasteiger partial charge on any atom is -0.480 e. The van der Waals surface area contributed by atoms with E-state index in [1.807, 2.05) is 266 Å². The highest BCUT2D eigenvalue weighted by atomic mass is 16.6. The van der Waals surface area contributed by atoms with Crippen LogP contribution in [0.4, 0.5) is 19.2 Å². The van der Waals surface area contributed by atoms with Crippen molar-refractivity contribution in [2.75, 3.05) is 13.7 Å². The third-order valence-electron chi connectivity index (χ3n) is 15.4. The van der Waals surface area contributed by atoms with Crippen molar-refractivity contribution in [2.24, 2.45) is 5.73 Å². The number of hydrogen-bond acceptors (Lipinski definition) is 13. The molecular weight excluding hydrogens is 1330 g/mol. The summed E-state index contributed by atoms with van der Waals surface area (Å²) in [5.41, 5.74) is 20.9. The van der Waals surface area contributed by atoms with Gasteiger partial charge in [-0.15, -0.1) is 0 Å². The standard InChI is InChI=1S/C21H25NO4.2C16H12N2O2.C15H15NO2.C13H10O.C3H4N2O2/c1-21(2,3)26-20(24)22-18(19(23)25-4)14-15-10-12-17(13-11-15)16-8-6-5-7-9-16;2*19-15-14(17-16(20)18-15)10-11-6-8-13(9-7-11)12-4-2-1-3-5-12;16-14(15(17)18)10-11-6-8-13(9-7-11)12-4-2-1-3-5-12;14-10-11-6-8-13(9-7-11)12-4-2-1-3-5-12;6-2-1-4-3(7)5-2/h5-13,18H,14H2,1-4H3,(H,22,24);2*1-10H,(H2,17,18,19,20);1-9,14H,10,16H2,(H,17,18);1-10H;1H2,(H2,4,5,6,7)/b;2*14-10+;;;. The van der Waals surface area contributed by atoms with Crippen LogP contribution in [0.5, 0.6) is 0 Å². The van der Waals surface area contributed by atoms with E-state index in [9.17, 15) is 47.9 Å². The summed E-state index contributed by atoms with van der Waals surface area (Å²) in [7, 11) is 1.30. The molecule has 0 saturated carbocycles. The lowest BCUT2D eigenvalue weighted by Crippen LogP contribution is -2.45. The number of rotatable bonds is 15. The molecule has 3 aliphatic rings. The van der Waals surface area contributed by atoms with Gasteiger partial charge in [0.15, 0.2) is 0 Å². The van der Waals surface area contributed by atoms with Crippen molar-refractivity contribution in [3.05, 3.63) is 312 Å². The number of ether oxygens (including phenoxy) is 2. The first-order valence-electron chi connectivity index (χ1n) is 33.1. The third kappa shape index (κ3) is 25.5. The maximum atomic E-state index is 12.0. The second kappa shape index (κ2) is 38.8.